The van der Waals surface area contributed by atoms with Crippen molar-refractivity contribution < 1.29 is 9.53 Å². The molecule has 0 saturated heterocycles. The van der Waals surface area contributed by atoms with Gasteiger partial charge in [0.05, 0.1) is 12.7 Å². The summed E-state index contributed by atoms with van der Waals surface area (Å²) < 4.78 is 5.29. The molecule has 2 nitrogen and oxygen atoms in total. The molecule has 0 atom stereocenters. The summed E-state index contributed by atoms with van der Waals surface area (Å²) in [7, 11) is 1.58. The van der Waals surface area contributed by atoms with Crippen LogP contribution in [0.25, 0.3) is 0 Å². The van der Waals surface area contributed by atoms with Crippen LogP contribution in [-0.4, -0.2) is 12.9 Å². The molecule has 0 amide bonds. The van der Waals surface area contributed by atoms with E-state index < -0.39 is 0 Å². The molecule has 0 fully saturated rings. The third kappa shape index (κ3) is 2.62. The van der Waals surface area contributed by atoms with Crippen LogP contribution in [0.2, 0.25) is 0 Å². The minimum Gasteiger partial charge on any atom is -0.496 e. The molecular weight excluding hydrogens is 292 g/mol. The van der Waals surface area contributed by atoms with Crippen LogP contribution < -0.4 is 4.74 Å². The number of alkyl halides is 1. The van der Waals surface area contributed by atoms with Crippen LogP contribution in [0.15, 0.2) is 48.5 Å². The van der Waals surface area contributed by atoms with Crippen molar-refractivity contribution in [2.75, 3.05) is 7.11 Å². The van der Waals surface area contributed by atoms with Crippen LogP contribution in [0.3, 0.4) is 0 Å². The van der Waals surface area contributed by atoms with Crippen molar-refractivity contribution in [3.8, 4) is 5.75 Å². The second-order valence-corrected chi connectivity index (χ2v) is 4.42. The number of ketones is 1. The second kappa shape index (κ2) is 5.83. The molecule has 0 heterocycles. The highest BCUT2D eigenvalue weighted by Gasteiger charge is 2.14. The lowest BCUT2D eigenvalue weighted by atomic mass is 10.0. The van der Waals surface area contributed by atoms with Gasteiger partial charge in [-0.2, -0.15) is 0 Å². The van der Waals surface area contributed by atoms with E-state index in [0.29, 0.717) is 16.9 Å². The average Bonchev–Trinajstić information content (AvgIpc) is 2.46. The summed E-state index contributed by atoms with van der Waals surface area (Å²) >= 11 is 3.39. The van der Waals surface area contributed by atoms with Crippen molar-refractivity contribution >= 4 is 21.7 Å². The van der Waals surface area contributed by atoms with Crippen molar-refractivity contribution in [3.63, 3.8) is 0 Å². The number of methoxy groups -OCH3 is 1. The largest absolute Gasteiger partial charge is 0.496 e. The Hall–Kier alpha value is -1.61. The highest BCUT2D eigenvalue weighted by atomic mass is 79.9. The highest BCUT2D eigenvalue weighted by molar-refractivity contribution is 9.08. The molecule has 0 spiro atoms. The van der Waals surface area contributed by atoms with Gasteiger partial charge < -0.3 is 4.74 Å². The second-order valence-electron chi connectivity index (χ2n) is 3.86. The van der Waals surface area contributed by atoms with Gasteiger partial charge in [0.25, 0.3) is 0 Å². The normalized spacial score (nSPS) is 10.1. The maximum Gasteiger partial charge on any atom is 0.196 e. The molecule has 92 valence electrons. The maximum absolute atomic E-state index is 12.3. The molecule has 0 N–H and O–H groups in total. The fourth-order valence-electron chi connectivity index (χ4n) is 1.75. The van der Waals surface area contributed by atoms with Crippen molar-refractivity contribution in [2.24, 2.45) is 0 Å². The van der Waals surface area contributed by atoms with Gasteiger partial charge in [-0.25, -0.2) is 0 Å². The third-order valence-corrected chi connectivity index (χ3v) is 3.35. The highest BCUT2D eigenvalue weighted by Crippen LogP contribution is 2.24. The predicted octanol–water partition coefficient (Wildman–Crippen LogP) is 3.82. The number of halogens is 1. The number of hydrogen-bond donors (Lipinski definition) is 0. The van der Waals surface area contributed by atoms with Gasteiger partial charge in [-0.15, -0.1) is 0 Å². The lowest BCUT2D eigenvalue weighted by molar-refractivity contribution is 0.103. The minimum atomic E-state index is -0.0198. The van der Waals surface area contributed by atoms with E-state index >= 15 is 0 Å². The Bertz CT molecular complexity index is 550. The molecule has 0 bridgehead atoms. The van der Waals surface area contributed by atoms with Crippen LogP contribution in [0.1, 0.15) is 21.5 Å². The van der Waals surface area contributed by atoms with Gasteiger partial charge in [0.1, 0.15) is 5.75 Å². The molecule has 0 radical (unpaired) electrons. The summed E-state index contributed by atoms with van der Waals surface area (Å²) in [5.41, 5.74) is 2.34. The van der Waals surface area contributed by atoms with E-state index in [4.69, 9.17) is 4.74 Å². The van der Waals surface area contributed by atoms with Crippen molar-refractivity contribution in [3.05, 3.63) is 65.2 Å². The van der Waals surface area contributed by atoms with Gasteiger partial charge in [-0.3, -0.25) is 4.79 Å². The molecule has 0 saturated carbocycles. The quantitative estimate of drug-likeness (QED) is 0.634. The first-order valence-corrected chi connectivity index (χ1v) is 6.71. The standard InChI is InChI=1S/C15H13BrO2/c1-18-14-9-11(10-16)7-8-13(14)15(17)12-5-3-2-4-6-12/h2-9H,10H2,1H3. The fourth-order valence-corrected chi connectivity index (χ4v) is 2.10. The number of hydrogen-bond acceptors (Lipinski definition) is 2. The van der Waals surface area contributed by atoms with Gasteiger partial charge in [0, 0.05) is 10.9 Å². The van der Waals surface area contributed by atoms with E-state index in [1.54, 1.807) is 19.2 Å². The van der Waals surface area contributed by atoms with Crippen molar-refractivity contribution in [1.29, 1.82) is 0 Å². The summed E-state index contributed by atoms with van der Waals surface area (Å²) in [6, 6.07) is 14.8. The zero-order chi connectivity index (χ0) is 13.0. The first-order valence-electron chi connectivity index (χ1n) is 5.59. The Morgan fingerprint density at radius 1 is 1.17 bits per heavy atom. The van der Waals surface area contributed by atoms with Crippen molar-refractivity contribution in [2.45, 2.75) is 5.33 Å². The molecular formula is C15H13BrO2. The maximum atomic E-state index is 12.3. The van der Waals surface area contributed by atoms with Gasteiger partial charge >= 0.3 is 0 Å². The zero-order valence-corrected chi connectivity index (χ0v) is 11.6. The summed E-state index contributed by atoms with van der Waals surface area (Å²) in [6.45, 7) is 0. The van der Waals surface area contributed by atoms with Crippen LogP contribution in [0.4, 0.5) is 0 Å². The topological polar surface area (TPSA) is 26.3 Å². The molecule has 0 aliphatic rings. The van der Waals surface area contributed by atoms with Gasteiger partial charge in [-0.1, -0.05) is 52.3 Å². The first kappa shape index (κ1) is 12.8. The van der Waals surface area contributed by atoms with Crippen LogP contribution >= 0.6 is 15.9 Å². The SMILES string of the molecule is COc1cc(CBr)ccc1C(=O)c1ccccc1. The number of benzene rings is 2. The monoisotopic (exact) mass is 304 g/mol. The lowest BCUT2D eigenvalue weighted by Gasteiger charge is -2.09. The third-order valence-electron chi connectivity index (χ3n) is 2.70. The molecule has 0 unspecified atom stereocenters. The number of carbonyl (C=O) groups is 1. The Morgan fingerprint density at radius 2 is 1.89 bits per heavy atom. The van der Waals surface area contributed by atoms with Crippen LogP contribution in [-0.2, 0) is 5.33 Å². The molecule has 0 aromatic heterocycles. The smallest absolute Gasteiger partial charge is 0.196 e. The van der Waals surface area contributed by atoms with E-state index in [0.717, 1.165) is 10.9 Å². The summed E-state index contributed by atoms with van der Waals surface area (Å²) in [4.78, 5) is 12.3. The van der Waals surface area contributed by atoms with E-state index in [9.17, 15) is 4.79 Å². The number of carbonyl (C=O) groups excluding carboxylic acids is 1. The molecule has 0 aliphatic heterocycles. The summed E-state index contributed by atoms with van der Waals surface area (Å²) in [5, 5.41) is 0.739. The minimum absolute atomic E-state index is 0.0198. The Labute approximate surface area is 115 Å². The van der Waals surface area contributed by atoms with E-state index in [1.807, 2.05) is 36.4 Å². The number of rotatable bonds is 4. The van der Waals surface area contributed by atoms with E-state index in [-0.39, 0.29) is 5.78 Å². The molecule has 2 aromatic rings. The average molecular weight is 305 g/mol. The summed E-state index contributed by atoms with van der Waals surface area (Å²) in [6.07, 6.45) is 0. The zero-order valence-electron chi connectivity index (χ0n) is 10.0. The van der Waals surface area contributed by atoms with Gasteiger partial charge in [0.2, 0.25) is 0 Å². The van der Waals surface area contributed by atoms with Crippen LogP contribution in [0, 0.1) is 0 Å². The van der Waals surface area contributed by atoms with Gasteiger partial charge in [-0.05, 0) is 17.7 Å². The molecule has 18 heavy (non-hydrogen) atoms. The molecule has 2 aromatic carbocycles. The van der Waals surface area contributed by atoms with E-state index in [2.05, 4.69) is 15.9 Å². The van der Waals surface area contributed by atoms with Crippen molar-refractivity contribution in [1.82, 2.24) is 0 Å². The molecule has 0 aliphatic carbocycles. The molecule has 3 heteroatoms. The summed E-state index contributed by atoms with van der Waals surface area (Å²) in [5.74, 6) is 0.592. The fraction of sp³-hybridized carbons (Fsp3) is 0.133. The lowest BCUT2D eigenvalue weighted by Crippen LogP contribution is -2.04. The van der Waals surface area contributed by atoms with Crippen LogP contribution in [0.5, 0.6) is 5.75 Å². The Morgan fingerprint density at radius 3 is 2.50 bits per heavy atom. The predicted molar refractivity (Wildman–Crippen MR) is 75.5 cm³/mol. The van der Waals surface area contributed by atoms with E-state index in [1.165, 1.54) is 0 Å². The van der Waals surface area contributed by atoms with Gasteiger partial charge in [0.15, 0.2) is 5.78 Å². The Balaban J connectivity index is 2.42. The first-order chi connectivity index (χ1) is 8.76. The number of ether oxygens (including phenoxy) is 1. The Kier molecular flexibility index (Phi) is 4.15. The molecule has 2 rings (SSSR count).